The third-order valence-electron chi connectivity index (χ3n) is 2.42. The van der Waals surface area contributed by atoms with Gasteiger partial charge in [0.15, 0.2) is 0 Å². The van der Waals surface area contributed by atoms with E-state index in [1.54, 1.807) is 0 Å². The number of nitrogens with zero attached hydrogens (tertiary/aromatic N) is 2. The molecule has 0 radical (unpaired) electrons. The molecule has 0 saturated carbocycles. The zero-order chi connectivity index (χ0) is 9.97. The fourth-order valence-electron chi connectivity index (χ4n) is 1.74. The second kappa shape index (κ2) is 3.80. The molecule has 0 aromatic carbocycles. The first-order chi connectivity index (χ1) is 6.86. The molecule has 2 aromatic heterocycles. The molecule has 2 heterocycles. The Bertz CT molecular complexity index is 431. The van der Waals surface area contributed by atoms with Gasteiger partial charge >= 0.3 is 0 Å². The van der Waals surface area contributed by atoms with Gasteiger partial charge in [-0.1, -0.05) is 13.0 Å². The number of pyridine rings is 1. The van der Waals surface area contributed by atoms with Crippen LogP contribution in [0.5, 0.6) is 0 Å². The topological polar surface area (TPSA) is 29.3 Å². The van der Waals surface area contributed by atoms with E-state index in [1.807, 2.05) is 13.2 Å². The first kappa shape index (κ1) is 9.21. The Morgan fingerprint density at radius 2 is 2.36 bits per heavy atom. The number of aromatic nitrogens is 2. The predicted molar refractivity (Wildman–Crippen MR) is 57.3 cm³/mol. The van der Waals surface area contributed by atoms with Crippen LogP contribution < -0.4 is 5.32 Å². The third-order valence-corrected chi connectivity index (χ3v) is 2.42. The summed E-state index contributed by atoms with van der Waals surface area (Å²) in [4.78, 5) is 4.39. The summed E-state index contributed by atoms with van der Waals surface area (Å²) in [6.07, 6.45) is 4.99. The summed E-state index contributed by atoms with van der Waals surface area (Å²) >= 11 is 0. The predicted octanol–water partition coefficient (Wildman–Crippen LogP) is 1.62. The zero-order valence-corrected chi connectivity index (χ0v) is 8.62. The molecule has 0 saturated heterocycles. The van der Waals surface area contributed by atoms with Crippen LogP contribution in [0.2, 0.25) is 0 Å². The lowest BCUT2D eigenvalue weighted by atomic mass is 10.2. The molecule has 0 bridgehead atoms. The minimum absolute atomic E-state index is 0.888. The lowest BCUT2D eigenvalue weighted by molar-refractivity contribution is 0.816. The number of fused-ring (bicyclic) bond motifs is 1. The van der Waals surface area contributed by atoms with E-state index in [0.29, 0.717) is 0 Å². The smallest absolute Gasteiger partial charge is 0.112 e. The average molecular weight is 189 g/mol. The molecule has 0 spiro atoms. The van der Waals surface area contributed by atoms with Crippen molar-refractivity contribution in [3.8, 4) is 0 Å². The quantitative estimate of drug-likeness (QED) is 0.795. The molecule has 14 heavy (non-hydrogen) atoms. The highest BCUT2D eigenvalue weighted by atomic mass is 15.0. The molecule has 0 aliphatic rings. The summed E-state index contributed by atoms with van der Waals surface area (Å²) in [5, 5.41) is 3.16. The molecular formula is C11H15N3. The molecule has 0 fully saturated rings. The Morgan fingerprint density at radius 3 is 3.07 bits per heavy atom. The highest BCUT2D eigenvalue weighted by molar-refractivity contribution is 5.54. The van der Waals surface area contributed by atoms with Gasteiger partial charge in [0.05, 0.1) is 11.7 Å². The molecule has 74 valence electrons. The van der Waals surface area contributed by atoms with Crippen molar-refractivity contribution in [3.63, 3.8) is 0 Å². The van der Waals surface area contributed by atoms with Crippen LogP contribution in [0.4, 0.5) is 0 Å². The lowest BCUT2D eigenvalue weighted by Gasteiger charge is -2.03. The number of imidazole rings is 1. The van der Waals surface area contributed by atoms with Crippen LogP contribution >= 0.6 is 0 Å². The van der Waals surface area contributed by atoms with E-state index in [4.69, 9.17) is 0 Å². The van der Waals surface area contributed by atoms with Crippen molar-refractivity contribution in [1.82, 2.24) is 14.7 Å². The van der Waals surface area contributed by atoms with E-state index in [2.05, 4.69) is 40.0 Å². The summed E-state index contributed by atoms with van der Waals surface area (Å²) in [6.45, 7) is 3.01. The number of hydrogen-bond donors (Lipinski definition) is 1. The Balaban J connectivity index is 2.58. The third kappa shape index (κ3) is 1.40. The standard InChI is InChI=1S/C11H15N3/c1-3-11-13-8-10-9(7-12-2)5-4-6-14(10)11/h4-6,8,12H,3,7H2,1-2H3. The van der Waals surface area contributed by atoms with E-state index in [9.17, 15) is 0 Å². The summed E-state index contributed by atoms with van der Waals surface area (Å²) in [5.74, 6) is 1.12. The molecule has 1 N–H and O–H groups in total. The van der Waals surface area contributed by atoms with E-state index >= 15 is 0 Å². The van der Waals surface area contributed by atoms with Crippen LogP contribution in [-0.2, 0) is 13.0 Å². The molecule has 0 aliphatic heterocycles. The van der Waals surface area contributed by atoms with Gasteiger partial charge in [0.25, 0.3) is 0 Å². The molecule has 3 heteroatoms. The average Bonchev–Trinajstić information content (AvgIpc) is 2.62. The summed E-state index contributed by atoms with van der Waals surface area (Å²) in [7, 11) is 1.96. The fraction of sp³-hybridized carbons (Fsp3) is 0.364. The molecular weight excluding hydrogens is 174 g/mol. The van der Waals surface area contributed by atoms with Gasteiger partial charge in [0, 0.05) is 19.2 Å². The van der Waals surface area contributed by atoms with Crippen molar-refractivity contribution >= 4 is 5.52 Å². The van der Waals surface area contributed by atoms with Gasteiger partial charge in [-0.2, -0.15) is 0 Å². The Kier molecular flexibility index (Phi) is 2.50. The van der Waals surface area contributed by atoms with Gasteiger partial charge in [-0.15, -0.1) is 0 Å². The van der Waals surface area contributed by atoms with Gasteiger partial charge in [-0.25, -0.2) is 4.98 Å². The van der Waals surface area contributed by atoms with Gasteiger partial charge in [-0.05, 0) is 18.7 Å². The van der Waals surface area contributed by atoms with Crippen LogP contribution in [0.25, 0.3) is 5.52 Å². The lowest BCUT2D eigenvalue weighted by Crippen LogP contribution is -2.06. The van der Waals surface area contributed by atoms with Crippen LogP contribution in [-0.4, -0.2) is 16.4 Å². The van der Waals surface area contributed by atoms with Crippen molar-refractivity contribution in [2.24, 2.45) is 0 Å². The second-order valence-corrected chi connectivity index (χ2v) is 3.35. The van der Waals surface area contributed by atoms with Crippen LogP contribution in [0.1, 0.15) is 18.3 Å². The number of hydrogen-bond acceptors (Lipinski definition) is 2. The van der Waals surface area contributed by atoms with Crippen molar-refractivity contribution in [2.75, 3.05) is 7.05 Å². The molecule has 0 atom stereocenters. The maximum Gasteiger partial charge on any atom is 0.112 e. The summed E-state index contributed by atoms with van der Waals surface area (Å²) in [5.41, 5.74) is 2.50. The van der Waals surface area contributed by atoms with Crippen molar-refractivity contribution in [2.45, 2.75) is 19.9 Å². The fourth-order valence-corrected chi connectivity index (χ4v) is 1.74. The number of nitrogens with one attached hydrogen (secondary N) is 1. The van der Waals surface area contributed by atoms with Gasteiger partial charge < -0.3 is 9.72 Å². The van der Waals surface area contributed by atoms with Gasteiger partial charge in [0.2, 0.25) is 0 Å². The highest BCUT2D eigenvalue weighted by Crippen LogP contribution is 2.12. The Labute approximate surface area is 83.8 Å². The Hall–Kier alpha value is -1.35. The van der Waals surface area contributed by atoms with Gasteiger partial charge in [-0.3, -0.25) is 0 Å². The minimum Gasteiger partial charge on any atom is -0.316 e. The first-order valence-electron chi connectivity index (χ1n) is 4.95. The van der Waals surface area contributed by atoms with Crippen molar-refractivity contribution < 1.29 is 0 Å². The highest BCUT2D eigenvalue weighted by Gasteiger charge is 2.04. The largest absolute Gasteiger partial charge is 0.316 e. The number of aryl methyl sites for hydroxylation is 1. The Morgan fingerprint density at radius 1 is 1.50 bits per heavy atom. The SMILES string of the molecule is CCc1ncc2c(CNC)cccn12. The summed E-state index contributed by atoms with van der Waals surface area (Å²) in [6, 6.07) is 4.20. The molecule has 0 amide bonds. The second-order valence-electron chi connectivity index (χ2n) is 3.35. The monoisotopic (exact) mass is 189 g/mol. The summed E-state index contributed by atoms with van der Waals surface area (Å²) < 4.78 is 2.16. The zero-order valence-electron chi connectivity index (χ0n) is 8.62. The van der Waals surface area contributed by atoms with E-state index in [1.165, 1.54) is 11.1 Å². The van der Waals surface area contributed by atoms with Crippen LogP contribution in [0.3, 0.4) is 0 Å². The van der Waals surface area contributed by atoms with Crippen LogP contribution in [0, 0.1) is 0 Å². The van der Waals surface area contributed by atoms with Crippen LogP contribution in [0.15, 0.2) is 24.5 Å². The first-order valence-corrected chi connectivity index (χ1v) is 4.95. The van der Waals surface area contributed by atoms with E-state index in [-0.39, 0.29) is 0 Å². The molecule has 3 nitrogen and oxygen atoms in total. The minimum atomic E-state index is 0.888. The normalized spacial score (nSPS) is 11.0. The van der Waals surface area contributed by atoms with E-state index < -0.39 is 0 Å². The van der Waals surface area contributed by atoms with Crippen molar-refractivity contribution in [1.29, 1.82) is 0 Å². The van der Waals surface area contributed by atoms with Gasteiger partial charge in [0.1, 0.15) is 5.82 Å². The number of rotatable bonds is 3. The molecule has 0 aliphatic carbocycles. The van der Waals surface area contributed by atoms with E-state index in [0.717, 1.165) is 18.8 Å². The van der Waals surface area contributed by atoms with Crippen molar-refractivity contribution in [3.05, 3.63) is 35.9 Å². The maximum atomic E-state index is 4.39. The molecule has 2 rings (SSSR count). The molecule has 2 aromatic rings. The molecule has 0 unspecified atom stereocenters. The maximum absolute atomic E-state index is 4.39.